The molecule has 23 heavy (non-hydrogen) atoms. The highest BCUT2D eigenvalue weighted by molar-refractivity contribution is 7.92. The molecule has 0 unspecified atom stereocenters. The summed E-state index contributed by atoms with van der Waals surface area (Å²) in [5, 5.41) is 0. The van der Waals surface area contributed by atoms with Gasteiger partial charge in [0, 0.05) is 0 Å². The zero-order valence-corrected chi connectivity index (χ0v) is 13.4. The summed E-state index contributed by atoms with van der Waals surface area (Å²) in [6, 6.07) is 15.9. The summed E-state index contributed by atoms with van der Waals surface area (Å²) >= 11 is 0. The van der Waals surface area contributed by atoms with E-state index in [1.165, 1.54) is 12.1 Å². The van der Waals surface area contributed by atoms with Gasteiger partial charge in [0.05, 0.1) is 17.5 Å². The molecule has 5 nitrogen and oxygen atoms in total. The van der Waals surface area contributed by atoms with E-state index in [0.29, 0.717) is 0 Å². The lowest BCUT2D eigenvalue weighted by Crippen LogP contribution is -2.14. The van der Waals surface area contributed by atoms with Gasteiger partial charge in [0.25, 0.3) is 0 Å². The third-order valence-electron chi connectivity index (χ3n) is 2.86. The summed E-state index contributed by atoms with van der Waals surface area (Å²) in [7, 11) is -3.47. The predicted octanol–water partition coefficient (Wildman–Crippen LogP) is 2.93. The molecule has 0 amide bonds. The third kappa shape index (κ3) is 5.60. The van der Waals surface area contributed by atoms with Gasteiger partial charge < -0.3 is 4.74 Å². The second-order valence-corrected chi connectivity index (χ2v) is 6.58. The molecule has 120 valence electrons. The van der Waals surface area contributed by atoms with Crippen molar-refractivity contribution in [3.63, 3.8) is 0 Å². The Labute approximate surface area is 135 Å². The Balaban J connectivity index is 2.00. The predicted molar refractivity (Wildman–Crippen MR) is 90.7 cm³/mol. The maximum absolute atomic E-state index is 12.1. The van der Waals surface area contributed by atoms with Crippen LogP contribution in [-0.4, -0.2) is 27.2 Å². The highest BCUT2D eigenvalue weighted by atomic mass is 32.2. The first-order valence-electron chi connectivity index (χ1n) is 6.91. The number of para-hydroxylation sites is 1. The average Bonchev–Trinajstić information content (AvgIpc) is 2.51. The second-order valence-electron chi connectivity index (χ2n) is 4.83. The molecule has 0 aliphatic rings. The smallest absolute Gasteiger partial charge is 0.340 e. The van der Waals surface area contributed by atoms with E-state index >= 15 is 0 Å². The maximum Gasteiger partial charge on any atom is 0.340 e. The van der Waals surface area contributed by atoms with Crippen LogP contribution in [0.4, 0.5) is 5.69 Å². The van der Waals surface area contributed by atoms with Crippen molar-refractivity contribution in [3.8, 4) is 0 Å². The van der Waals surface area contributed by atoms with Crippen molar-refractivity contribution in [2.24, 2.45) is 0 Å². The highest BCUT2D eigenvalue weighted by Crippen LogP contribution is 2.17. The maximum atomic E-state index is 12.1. The topological polar surface area (TPSA) is 72.5 Å². The van der Waals surface area contributed by atoms with E-state index in [4.69, 9.17) is 4.74 Å². The van der Waals surface area contributed by atoms with Crippen molar-refractivity contribution in [3.05, 3.63) is 71.8 Å². The van der Waals surface area contributed by atoms with Gasteiger partial charge in [-0.05, 0) is 23.8 Å². The number of ether oxygens (including phenoxy) is 1. The molecule has 0 aliphatic carbocycles. The molecule has 2 aromatic rings. The van der Waals surface area contributed by atoms with Crippen LogP contribution in [0.15, 0.2) is 60.7 Å². The van der Waals surface area contributed by atoms with Crippen molar-refractivity contribution >= 4 is 27.8 Å². The first kappa shape index (κ1) is 16.8. The molecule has 0 saturated heterocycles. The monoisotopic (exact) mass is 331 g/mol. The van der Waals surface area contributed by atoms with Gasteiger partial charge in [-0.1, -0.05) is 48.5 Å². The van der Waals surface area contributed by atoms with Crippen LogP contribution >= 0.6 is 0 Å². The summed E-state index contributed by atoms with van der Waals surface area (Å²) in [6.07, 6.45) is 4.59. The fraction of sp³-hybridized carbons (Fsp3) is 0.118. The molecule has 0 aliphatic heterocycles. The number of sulfonamides is 1. The highest BCUT2D eigenvalue weighted by Gasteiger charge is 2.14. The molecule has 0 saturated carbocycles. The van der Waals surface area contributed by atoms with Crippen LogP contribution < -0.4 is 4.72 Å². The summed E-state index contributed by atoms with van der Waals surface area (Å²) < 4.78 is 30.1. The Bertz CT molecular complexity index is 798. The van der Waals surface area contributed by atoms with Crippen molar-refractivity contribution in [2.75, 3.05) is 17.6 Å². The minimum Gasteiger partial charge on any atom is -0.458 e. The summed E-state index contributed by atoms with van der Waals surface area (Å²) in [5.74, 6) is -0.588. The molecule has 0 spiro atoms. The van der Waals surface area contributed by atoms with Crippen LogP contribution in [0.3, 0.4) is 0 Å². The minimum atomic E-state index is -3.47. The molecule has 0 atom stereocenters. The SMILES string of the molecule is CS(=O)(=O)Nc1ccccc1C(=O)OC/C=C/c1ccccc1. The largest absolute Gasteiger partial charge is 0.458 e. The molecule has 0 bridgehead atoms. The van der Waals surface area contributed by atoms with Gasteiger partial charge in [0.15, 0.2) is 0 Å². The molecule has 0 heterocycles. The van der Waals surface area contributed by atoms with E-state index in [0.717, 1.165) is 11.8 Å². The molecule has 0 aromatic heterocycles. The lowest BCUT2D eigenvalue weighted by molar-refractivity contribution is 0.0551. The van der Waals surface area contributed by atoms with Crippen molar-refractivity contribution < 1.29 is 17.9 Å². The van der Waals surface area contributed by atoms with Gasteiger partial charge in [-0.3, -0.25) is 4.72 Å². The summed E-state index contributed by atoms with van der Waals surface area (Å²) in [6.45, 7) is 0.0982. The first-order chi connectivity index (χ1) is 11.0. The Kier molecular flexibility index (Phi) is 5.54. The van der Waals surface area contributed by atoms with Crippen molar-refractivity contribution in [2.45, 2.75) is 0 Å². The quantitative estimate of drug-likeness (QED) is 0.826. The Morgan fingerprint density at radius 3 is 2.43 bits per heavy atom. The second kappa shape index (κ2) is 7.60. The third-order valence-corrected chi connectivity index (χ3v) is 3.45. The van der Waals surface area contributed by atoms with Gasteiger partial charge in [-0.25, -0.2) is 13.2 Å². The Hall–Kier alpha value is -2.60. The van der Waals surface area contributed by atoms with Gasteiger partial charge in [-0.15, -0.1) is 0 Å². The van der Waals surface area contributed by atoms with E-state index in [9.17, 15) is 13.2 Å². The van der Waals surface area contributed by atoms with E-state index < -0.39 is 16.0 Å². The lowest BCUT2D eigenvalue weighted by Gasteiger charge is -2.09. The van der Waals surface area contributed by atoms with E-state index in [-0.39, 0.29) is 17.9 Å². The van der Waals surface area contributed by atoms with Crippen LogP contribution in [0.2, 0.25) is 0 Å². The van der Waals surface area contributed by atoms with Gasteiger partial charge in [0.1, 0.15) is 6.61 Å². The summed E-state index contributed by atoms with van der Waals surface area (Å²) in [5.41, 5.74) is 1.38. The van der Waals surface area contributed by atoms with E-state index in [2.05, 4.69) is 4.72 Å². The van der Waals surface area contributed by atoms with Crippen molar-refractivity contribution in [1.82, 2.24) is 0 Å². The Morgan fingerprint density at radius 1 is 1.09 bits per heavy atom. The molecule has 0 fully saturated rings. The average molecular weight is 331 g/mol. The van der Waals surface area contributed by atoms with Crippen LogP contribution in [0.1, 0.15) is 15.9 Å². The van der Waals surface area contributed by atoms with Crippen LogP contribution in [-0.2, 0) is 14.8 Å². The zero-order valence-electron chi connectivity index (χ0n) is 12.6. The number of nitrogens with one attached hydrogen (secondary N) is 1. The normalized spacial score (nSPS) is 11.3. The number of rotatable bonds is 6. The van der Waals surface area contributed by atoms with Gasteiger partial charge >= 0.3 is 5.97 Å². The molecular formula is C17H17NO4S. The zero-order chi connectivity index (χ0) is 16.7. The summed E-state index contributed by atoms with van der Waals surface area (Å²) in [4.78, 5) is 12.1. The fourth-order valence-electron chi connectivity index (χ4n) is 1.90. The fourth-order valence-corrected chi connectivity index (χ4v) is 2.48. The molecule has 1 N–H and O–H groups in total. The minimum absolute atomic E-state index is 0.0982. The number of benzene rings is 2. The molecular weight excluding hydrogens is 314 g/mol. The number of anilines is 1. The van der Waals surface area contributed by atoms with Gasteiger partial charge in [-0.2, -0.15) is 0 Å². The van der Waals surface area contributed by atoms with E-state index in [1.54, 1.807) is 18.2 Å². The van der Waals surface area contributed by atoms with Crippen LogP contribution in [0.25, 0.3) is 6.08 Å². The standard InChI is InChI=1S/C17H17NO4S/c1-23(20,21)18-16-12-6-5-11-15(16)17(19)22-13-7-10-14-8-3-2-4-9-14/h2-12,18H,13H2,1H3/b10-7+. The molecule has 2 rings (SSSR count). The lowest BCUT2D eigenvalue weighted by atomic mass is 10.2. The number of carbonyl (C=O) groups is 1. The number of hydrogen-bond acceptors (Lipinski definition) is 4. The van der Waals surface area contributed by atoms with Crippen molar-refractivity contribution in [1.29, 1.82) is 0 Å². The first-order valence-corrected chi connectivity index (χ1v) is 8.80. The van der Waals surface area contributed by atoms with Crippen LogP contribution in [0, 0.1) is 0 Å². The number of hydrogen-bond donors (Lipinski definition) is 1. The number of esters is 1. The Morgan fingerprint density at radius 2 is 1.74 bits per heavy atom. The van der Waals surface area contributed by atoms with Gasteiger partial charge in [0.2, 0.25) is 10.0 Å². The molecule has 2 aromatic carbocycles. The van der Waals surface area contributed by atoms with Crippen LogP contribution in [0.5, 0.6) is 0 Å². The molecule has 0 radical (unpaired) electrons. The van der Waals surface area contributed by atoms with E-state index in [1.807, 2.05) is 36.4 Å². The molecule has 6 heteroatoms. The number of carbonyl (C=O) groups excluding carboxylic acids is 1.